The number of likely N-dealkylation sites (tertiary alicyclic amines) is 1. The van der Waals surface area contributed by atoms with Crippen molar-refractivity contribution in [2.45, 2.75) is 38.7 Å². The second-order valence-electron chi connectivity index (χ2n) is 6.37. The van der Waals surface area contributed by atoms with Gasteiger partial charge in [0.05, 0.1) is 17.9 Å². The van der Waals surface area contributed by atoms with Gasteiger partial charge < -0.3 is 15.1 Å². The molecule has 1 atom stereocenters. The molecule has 0 bridgehead atoms. The summed E-state index contributed by atoms with van der Waals surface area (Å²) in [6.45, 7) is 4.49. The lowest BCUT2D eigenvalue weighted by Crippen LogP contribution is -2.36. The molecule has 1 unspecified atom stereocenters. The Morgan fingerprint density at radius 3 is 2.83 bits per heavy atom. The second-order valence-corrected chi connectivity index (χ2v) is 6.37. The number of fused-ring (bicyclic) bond motifs is 1. The van der Waals surface area contributed by atoms with Crippen molar-refractivity contribution < 1.29 is 15.0 Å². The Bertz CT molecular complexity index is 742. The largest absolute Gasteiger partial charge is 0.393 e. The zero-order chi connectivity index (χ0) is 16.6. The van der Waals surface area contributed by atoms with Gasteiger partial charge in [-0.2, -0.15) is 5.10 Å². The van der Waals surface area contributed by atoms with Crippen LogP contribution in [-0.2, 0) is 0 Å². The van der Waals surface area contributed by atoms with Crippen LogP contribution in [0.4, 0.5) is 0 Å². The van der Waals surface area contributed by atoms with E-state index in [4.69, 9.17) is 0 Å². The maximum Gasteiger partial charge on any atom is 0.272 e. The molecule has 7 heteroatoms. The molecule has 0 spiro atoms. The molecule has 0 radical (unpaired) electrons. The fourth-order valence-corrected chi connectivity index (χ4v) is 3.05. The molecule has 1 fully saturated rings. The van der Waals surface area contributed by atoms with Crippen LogP contribution in [0.25, 0.3) is 5.65 Å². The Hall–Kier alpha value is -1.99. The third kappa shape index (κ3) is 3.07. The van der Waals surface area contributed by atoms with Crippen molar-refractivity contribution in [3.05, 3.63) is 29.2 Å². The molecule has 3 rings (SSSR count). The summed E-state index contributed by atoms with van der Waals surface area (Å²) in [6, 6.07) is 3.58. The summed E-state index contributed by atoms with van der Waals surface area (Å²) < 4.78 is 1.72. The fraction of sp³-hybridized carbons (Fsp3) is 0.562. The van der Waals surface area contributed by atoms with E-state index in [1.165, 1.54) is 0 Å². The van der Waals surface area contributed by atoms with E-state index in [-0.39, 0.29) is 12.5 Å². The van der Waals surface area contributed by atoms with Crippen molar-refractivity contribution in [1.82, 2.24) is 19.5 Å². The first-order chi connectivity index (χ1) is 10.9. The van der Waals surface area contributed by atoms with Gasteiger partial charge in [0, 0.05) is 24.8 Å². The molecule has 1 aliphatic rings. The highest BCUT2D eigenvalue weighted by atomic mass is 16.3. The van der Waals surface area contributed by atoms with Gasteiger partial charge in [0.2, 0.25) is 0 Å². The minimum Gasteiger partial charge on any atom is -0.393 e. The zero-order valence-corrected chi connectivity index (χ0v) is 13.5. The number of aliphatic hydroxyl groups excluding tert-OH is 1. The minimum absolute atomic E-state index is 0.142. The lowest BCUT2D eigenvalue weighted by Gasteiger charge is -2.24. The van der Waals surface area contributed by atoms with Crippen LogP contribution in [0, 0.1) is 13.8 Å². The molecule has 0 aliphatic carbocycles. The average Bonchev–Trinajstić information content (AvgIpc) is 2.79. The van der Waals surface area contributed by atoms with Crippen LogP contribution in [0.1, 0.15) is 41.1 Å². The fourth-order valence-electron chi connectivity index (χ4n) is 3.05. The van der Waals surface area contributed by atoms with Crippen LogP contribution < -0.4 is 0 Å². The molecule has 0 aromatic carbocycles. The van der Waals surface area contributed by atoms with Gasteiger partial charge in [-0.25, -0.2) is 9.50 Å². The number of hydrogen-bond acceptors (Lipinski definition) is 5. The minimum atomic E-state index is -1.08. The zero-order valence-electron chi connectivity index (χ0n) is 13.5. The maximum atomic E-state index is 12.7. The third-order valence-electron chi connectivity index (χ3n) is 4.45. The number of carbonyl (C=O) groups excluding carboxylic acids is 1. The monoisotopic (exact) mass is 318 g/mol. The molecule has 2 aromatic heterocycles. The van der Waals surface area contributed by atoms with Gasteiger partial charge in [0.25, 0.3) is 5.91 Å². The lowest BCUT2D eigenvalue weighted by atomic mass is 9.96. The van der Waals surface area contributed by atoms with Crippen LogP contribution in [0.2, 0.25) is 0 Å². The van der Waals surface area contributed by atoms with Crippen LogP contribution in [0.5, 0.6) is 0 Å². The molecule has 1 aliphatic heterocycles. The summed E-state index contributed by atoms with van der Waals surface area (Å²) in [5.74, 6) is -0.142. The van der Waals surface area contributed by atoms with Gasteiger partial charge in [0.15, 0.2) is 5.65 Å². The van der Waals surface area contributed by atoms with E-state index in [0.29, 0.717) is 43.7 Å². The van der Waals surface area contributed by atoms with Gasteiger partial charge in [-0.3, -0.25) is 4.79 Å². The molecule has 3 heterocycles. The first-order valence-corrected chi connectivity index (χ1v) is 7.88. The number of nitrogens with zero attached hydrogens (tertiary/aromatic N) is 4. The van der Waals surface area contributed by atoms with E-state index in [2.05, 4.69) is 10.1 Å². The number of amides is 1. The van der Waals surface area contributed by atoms with Gasteiger partial charge in [-0.1, -0.05) is 0 Å². The van der Waals surface area contributed by atoms with E-state index in [9.17, 15) is 15.0 Å². The van der Waals surface area contributed by atoms with Crippen LogP contribution in [0.15, 0.2) is 12.1 Å². The molecular formula is C16H22N4O3. The summed E-state index contributed by atoms with van der Waals surface area (Å²) in [7, 11) is 0. The van der Waals surface area contributed by atoms with E-state index in [1.54, 1.807) is 15.5 Å². The number of hydrogen-bond donors (Lipinski definition) is 2. The van der Waals surface area contributed by atoms with Gasteiger partial charge in [-0.15, -0.1) is 0 Å². The standard InChI is InChI=1S/C16H22N4O3/c1-11-8-14-17-13(9-12(2)20(14)18-11)15(22)19-6-3-4-16(23,10-21)5-7-19/h8-9,21,23H,3-7,10H2,1-2H3. The number of rotatable bonds is 2. The average molecular weight is 318 g/mol. The molecule has 0 saturated carbocycles. The van der Waals surface area contributed by atoms with Gasteiger partial charge in [-0.05, 0) is 39.2 Å². The molecule has 23 heavy (non-hydrogen) atoms. The summed E-state index contributed by atoms with van der Waals surface area (Å²) in [4.78, 5) is 18.9. The summed E-state index contributed by atoms with van der Waals surface area (Å²) >= 11 is 0. The van der Waals surface area contributed by atoms with E-state index in [0.717, 1.165) is 11.4 Å². The van der Waals surface area contributed by atoms with Crippen molar-refractivity contribution in [2.24, 2.45) is 0 Å². The first-order valence-electron chi connectivity index (χ1n) is 7.88. The van der Waals surface area contributed by atoms with Crippen molar-refractivity contribution in [3.63, 3.8) is 0 Å². The molecule has 7 nitrogen and oxygen atoms in total. The highest BCUT2D eigenvalue weighted by molar-refractivity contribution is 5.93. The first kappa shape index (κ1) is 15.9. The van der Waals surface area contributed by atoms with Gasteiger partial charge >= 0.3 is 0 Å². The molecule has 1 amide bonds. The highest BCUT2D eigenvalue weighted by Gasteiger charge is 2.31. The Labute approximate surface area is 134 Å². The van der Waals surface area contributed by atoms with Crippen molar-refractivity contribution >= 4 is 11.6 Å². The van der Waals surface area contributed by atoms with Crippen LogP contribution in [-0.4, -0.2) is 60.9 Å². The molecule has 2 aromatic rings. The number of aryl methyl sites for hydroxylation is 2. The third-order valence-corrected chi connectivity index (χ3v) is 4.45. The Kier molecular flexibility index (Phi) is 4.08. The number of aliphatic hydroxyl groups is 2. The highest BCUT2D eigenvalue weighted by Crippen LogP contribution is 2.22. The predicted molar refractivity (Wildman–Crippen MR) is 84.3 cm³/mol. The smallest absolute Gasteiger partial charge is 0.272 e. The summed E-state index contributed by atoms with van der Waals surface area (Å²) in [5.41, 5.74) is 1.68. The second kappa shape index (κ2) is 5.90. The number of aromatic nitrogens is 3. The van der Waals surface area contributed by atoms with Gasteiger partial charge in [0.1, 0.15) is 5.69 Å². The Morgan fingerprint density at radius 2 is 2.09 bits per heavy atom. The Balaban J connectivity index is 1.85. The number of carbonyl (C=O) groups is 1. The van der Waals surface area contributed by atoms with Crippen LogP contribution in [0.3, 0.4) is 0 Å². The van der Waals surface area contributed by atoms with Crippen molar-refractivity contribution in [1.29, 1.82) is 0 Å². The van der Waals surface area contributed by atoms with Crippen LogP contribution >= 0.6 is 0 Å². The van der Waals surface area contributed by atoms with E-state index >= 15 is 0 Å². The molecule has 1 saturated heterocycles. The van der Waals surface area contributed by atoms with Crippen molar-refractivity contribution in [2.75, 3.05) is 19.7 Å². The normalized spacial score (nSPS) is 22.3. The van der Waals surface area contributed by atoms with E-state index < -0.39 is 5.60 Å². The SMILES string of the molecule is Cc1cc2nc(C(=O)N3CCCC(O)(CO)CC3)cc(C)n2n1. The Morgan fingerprint density at radius 1 is 1.30 bits per heavy atom. The molecule has 124 valence electrons. The maximum absolute atomic E-state index is 12.7. The van der Waals surface area contributed by atoms with E-state index in [1.807, 2.05) is 19.9 Å². The summed E-state index contributed by atoms with van der Waals surface area (Å²) in [6.07, 6.45) is 1.54. The molecule has 2 N–H and O–H groups in total. The molecular weight excluding hydrogens is 296 g/mol. The lowest BCUT2D eigenvalue weighted by molar-refractivity contribution is -0.0250. The van der Waals surface area contributed by atoms with Crippen molar-refractivity contribution in [3.8, 4) is 0 Å². The quantitative estimate of drug-likeness (QED) is 0.850. The topological polar surface area (TPSA) is 91.0 Å². The summed E-state index contributed by atoms with van der Waals surface area (Å²) in [5, 5.41) is 23.8. The predicted octanol–water partition coefficient (Wildman–Crippen LogP) is 0.696.